The molecule has 22 heteroatoms. The summed E-state index contributed by atoms with van der Waals surface area (Å²) in [6.07, 6.45) is 23.3. The monoisotopic (exact) mass is 1850 g/mol. The maximum absolute atomic E-state index is 12.6. The molecular formula is C107H205F3O19. The fourth-order valence-corrected chi connectivity index (χ4v) is 11.9. The lowest BCUT2D eigenvalue weighted by molar-refractivity contribution is -0.236. The van der Waals surface area contributed by atoms with Crippen LogP contribution in [0, 0.1) is 73.9 Å². The lowest BCUT2D eigenvalue weighted by Gasteiger charge is -2.41. The van der Waals surface area contributed by atoms with Gasteiger partial charge in [-0.15, -0.1) is 0 Å². The van der Waals surface area contributed by atoms with Gasteiger partial charge in [0.25, 0.3) is 0 Å². The van der Waals surface area contributed by atoms with Crippen LogP contribution in [0.2, 0.25) is 0 Å². The van der Waals surface area contributed by atoms with E-state index in [-0.39, 0.29) is 139 Å². The summed E-state index contributed by atoms with van der Waals surface area (Å²) >= 11 is 0. The van der Waals surface area contributed by atoms with Crippen molar-refractivity contribution in [2.24, 2.45) is 73.9 Å². The Labute approximate surface area is 789 Å². The normalized spacial score (nSPS) is 16.6. The van der Waals surface area contributed by atoms with E-state index in [4.69, 9.17) is 47.7 Å². The van der Waals surface area contributed by atoms with E-state index in [1.165, 1.54) is 124 Å². The number of hydrogen-bond donors (Lipinski definition) is 1. The third kappa shape index (κ3) is 55.0. The Morgan fingerprint density at radius 1 is 0.287 bits per heavy atom. The van der Waals surface area contributed by atoms with Crippen molar-refractivity contribution in [3.8, 4) is 0 Å². The topological polar surface area (TPSA) is 257 Å². The summed E-state index contributed by atoms with van der Waals surface area (Å²) in [6.45, 7) is 88.9. The fraction of sp³-hybridized carbons (Fsp3) is 0.916. The van der Waals surface area contributed by atoms with E-state index in [1.807, 2.05) is 222 Å². The molecule has 0 bridgehead atoms. The first-order valence-corrected chi connectivity index (χ1v) is 49.7. The number of hydrogen-bond acceptors (Lipinski definition) is 19. The maximum Gasteiger partial charge on any atom is 0.404 e. The molecule has 0 spiro atoms. The Morgan fingerprint density at radius 3 is 0.822 bits per heavy atom. The molecule has 0 heterocycles. The van der Waals surface area contributed by atoms with Gasteiger partial charge in [-0.1, -0.05) is 175 Å². The van der Waals surface area contributed by atoms with Crippen molar-refractivity contribution in [3.63, 3.8) is 0 Å². The molecule has 0 aromatic rings. The molecule has 5 atom stereocenters. The van der Waals surface area contributed by atoms with Gasteiger partial charge in [0.15, 0.2) is 5.41 Å². The fourth-order valence-electron chi connectivity index (χ4n) is 11.9. The van der Waals surface area contributed by atoms with E-state index in [2.05, 4.69) is 62.3 Å². The van der Waals surface area contributed by atoms with Crippen molar-refractivity contribution in [1.29, 1.82) is 0 Å². The minimum absolute atomic E-state index is 0.00653. The highest BCUT2D eigenvalue weighted by Gasteiger charge is 2.57. The summed E-state index contributed by atoms with van der Waals surface area (Å²) in [5.74, 6) is 0.0375. The van der Waals surface area contributed by atoms with Crippen molar-refractivity contribution in [3.05, 3.63) is 0 Å². The number of carbonyl (C=O) groups excluding carboxylic acids is 9. The Bertz CT molecular complexity index is 3150. The van der Waals surface area contributed by atoms with Crippen LogP contribution in [0.25, 0.3) is 0 Å². The highest BCUT2D eigenvalue weighted by molar-refractivity contribution is 5.79. The van der Waals surface area contributed by atoms with Crippen molar-refractivity contribution in [1.82, 2.24) is 0 Å². The molecule has 768 valence electrons. The first-order valence-electron chi connectivity index (χ1n) is 49.7. The first-order chi connectivity index (χ1) is 58.0. The highest BCUT2D eigenvalue weighted by Crippen LogP contribution is 2.45. The molecule has 3 rings (SSSR count). The molecule has 19 nitrogen and oxygen atoms in total. The van der Waals surface area contributed by atoms with Gasteiger partial charge in [0, 0.05) is 0 Å². The minimum Gasteiger partial charge on any atom is -0.460 e. The van der Waals surface area contributed by atoms with Gasteiger partial charge >= 0.3 is 59.9 Å². The number of halogens is 3. The summed E-state index contributed by atoms with van der Waals surface area (Å²) in [5.41, 5.74) is -8.19. The lowest BCUT2D eigenvalue weighted by atomic mass is 9.77. The summed E-state index contributed by atoms with van der Waals surface area (Å²) in [6, 6.07) is 0. The maximum atomic E-state index is 12.6. The number of aliphatic hydroxyl groups excluding tert-OH is 1. The zero-order chi connectivity index (χ0) is 103. The SMILES string of the molecule is CCC(C)(C(=O)OC(C)(C)C)C(F)(F)F.CCC(C)(C)C(=O)OC(C)(C)C.CCC(C)(C)C(=O)OC(C)(C)C(C)C.CCC(C)(C)C(=O)OC(C)(C)C1CCCC1.CCC(C)(C)C(=O)OC(CC)(CC)C1CCCCCC1.CCC(C)(CO)C(=O)OC(C)(C)C.CCC(C)C(=O)OC(C)(C)C.CCC(C)C(=O)OC(C)(C)C1CCCCC1.CCC(C)C(=O)OC(C)(C)CC. The highest BCUT2D eigenvalue weighted by atomic mass is 19.4. The van der Waals surface area contributed by atoms with Crippen LogP contribution in [-0.4, -0.2) is 122 Å². The zero-order valence-corrected chi connectivity index (χ0v) is 92.3. The number of carbonyl (C=O) groups is 9. The van der Waals surface area contributed by atoms with Crippen LogP contribution < -0.4 is 0 Å². The summed E-state index contributed by atoms with van der Waals surface area (Å²) in [7, 11) is 0. The smallest absolute Gasteiger partial charge is 0.404 e. The van der Waals surface area contributed by atoms with Crippen LogP contribution in [0.4, 0.5) is 13.2 Å². The van der Waals surface area contributed by atoms with E-state index in [1.54, 1.807) is 6.92 Å². The van der Waals surface area contributed by atoms with E-state index in [0.717, 1.165) is 71.1 Å². The first kappa shape index (κ1) is 135. The number of alkyl halides is 3. The van der Waals surface area contributed by atoms with E-state index in [0.29, 0.717) is 30.1 Å². The summed E-state index contributed by atoms with van der Waals surface area (Å²) < 4.78 is 86.6. The molecule has 3 aliphatic carbocycles. The predicted octanol–water partition coefficient (Wildman–Crippen LogP) is 29.7. The van der Waals surface area contributed by atoms with Gasteiger partial charge in [-0.05, 0) is 347 Å². The molecule has 129 heavy (non-hydrogen) atoms. The van der Waals surface area contributed by atoms with Crippen LogP contribution in [0.15, 0.2) is 0 Å². The molecular weight excluding hydrogens is 1650 g/mol. The number of esters is 9. The van der Waals surface area contributed by atoms with Gasteiger partial charge in [0.2, 0.25) is 0 Å². The van der Waals surface area contributed by atoms with Crippen LogP contribution in [0.3, 0.4) is 0 Å². The van der Waals surface area contributed by atoms with Crippen LogP contribution in [0.1, 0.15) is 499 Å². The Hall–Kier alpha value is -5.02. The molecule has 0 aliphatic heterocycles. The number of rotatable bonds is 31. The van der Waals surface area contributed by atoms with Crippen LogP contribution in [0.5, 0.6) is 0 Å². The van der Waals surface area contributed by atoms with Gasteiger partial charge in [0.1, 0.15) is 50.4 Å². The average molecular weight is 1850 g/mol. The van der Waals surface area contributed by atoms with Crippen molar-refractivity contribution >= 4 is 53.7 Å². The molecule has 0 radical (unpaired) electrons. The largest absolute Gasteiger partial charge is 0.460 e. The van der Waals surface area contributed by atoms with Gasteiger partial charge in [0.05, 0.1) is 51.4 Å². The molecule has 0 aromatic heterocycles. The Morgan fingerprint density at radius 2 is 0.550 bits per heavy atom. The number of ether oxygens (including phenoxy) is 9. The standard InChI is InChI=1S/C18H34O2.2C14H26O2.C12H24O2.C10H17F3O2.C10H20O3.2C10H20O2.C9H18O2/c1-6-17(4,5)16(19)20-18(7-2,8-3)15-13-11-9-10-12-14-15;1-6-13(2,3)12(15)16-14(4,5)11-9-7-8-10-11;1-5-11(2)13(15)16-14(3,4)12-9-7-6-8-10-12;1-8-11(4,5)10(13)14-12(6,7)9(2)3;1-6-9(5,10(11,12)13)7(14)15-8(2,3)4;1-6-10(5,7-11)8(12)13-9(2,3)4;1-7-10(5,6)8(11)12-9(2,3)4;1-6-8(3)9(11)12-10(4,5)7-2;1-6-7(2)8(10)11-9(3,4)5/h15H,6-14H2,1-5H3;11H,6-10H2,1-5H3;11-12H,5-10H2,1-4H3;9H,8H2,1-7H3;6H2,1-5H3;11H,6-7H2,1-5H3;7H2,1-6H3;8H,6-7H2,1-5H3;7H,6H2,1-5H3. The van der Waals surface area contributed by atoms with Crippen molar-refractivity contribution < 1.29 is 104 Å². The van der Waals surface area contributed by atoms with Crippen LogP contribution in [-0.2, 0) is 85.8 Å². The molecule has 3 aliphatic rings. The van der Waals surface area contributed by atoms with E-state index < -0.39 is 34.2 Å². The quantitative estimate of drug-likeness (QED) is 0.0384. The van der Waals surface area contributed by atoms with E-state index in [9.17, 15) is 56.3 Å². The van der Waals surface area contributed by atoms with Gasteiger partial charge < -0.3 is 47.7 Å². The molecule has 0 amide bonds. The van der Waals surface area contributed by atoms with Gasteiger partial charge in [-0.25, -0.2) is 0 Å². The third-order valence-corrected chi connectivity index (χ3v) is 26.5. The molecule has 0 aromatic carbocycles. The summed E-state index contributed by atoms with van der Waals surface area (Å²) in [5, 5.41) is 9.05. The summed E-state index contributed by atoms with van der Waals surface area (Å²) in [4.78, 5) is 105. The second kappa shape index (κ2) is 59.1. The molecule has 3 fully saturated rings. The second-order valence-corrected chi connectivity index (χ2v) is 46.0. The Kier molecular flexibility index (Phi) is 61.7. The van der Waals surface area contributed by atoms with Crippen molar-refractivity contribution in [2.75, 3.05) is 6.61 Å². The minimum atomic E-state index is -4.58. The zero-order valence-electron chi connectivity index (χ0n) is 92.3. The van der Waals surface area contributed by atoms with Gasteiger partial charge in [-0.3, -0.25) is 43.2 Å². The third-order valence-electron chi connectivity index (χ3n) is 26.5. The predicted molar refractivity (Wildman–Crippen MR) is 523 cm³/mol. The number of aliphatic hydroxyl groups is 1. The Balaban J connectivity index is -0.000000332. The average Bonchev–Trinajstić information content (AvgIpc) is 1.13. The van der Waals surface area contributed by atoms with Crippen LogP contribution >= 0.6 is 0 Å². The van der Waals surface area contributed by atoms with Crippen molar-refractivity contribution in [2.45, 2.75) is 555 Å². The molecule has 5 unspecified atom stereocenters. The molecule has 1 N–H and O–H groups in total. The van der Waals surface area contributed by atoms with Gasteiger partial charge in [-0.2, -0.15) is 13.2 Å². The van der Waals surface area contributed by atoms with E-state index >= 15 is 0 Å². The molecule has 3 saturated carbocycles. The second-order valence-electron chi connectivity index (χ2n) is 46.0. The molecule has 0 saturated heterocycles. The lowest BCUT2D eigenvalue weighted by Crippen LogP contribution is -2.45.